The summed E-state index contributed by atoms with van der Waals surface area (Å²) in [5.74, 6) is 1.69. The molecule has 0 spiro atoms. The summed E-state index contributed by atoms with van der Waals surface area (Å²) in [4.78, 5) is 18.1. The predicted molar refractivity (Wildman–Crippen MR) is 135 cm³/mol. The van der Waals surface area contributed by atoms with Crippen molar-refractivity contribution < 1.29 is 14.6 Å². The molecule has 0 aliphatic heterocycles. The normalized spacial score (nSPS) is 12.0. The van der Waals surface area contributed by atoms with Crippen LogP contribution in [-0.4, -0.2) is 40.2 Å². The first-order valence-electron chi connectivity index (χ1n) is 11.6. The monoisotopic (exact) mass is 457 g/mol. The molecule has 1 aromatic heterocycles. The van der Waals surface area contributed by atoms with Gasteiger partial charge in [-0.2, -0.15) is 0 Å². The third-order valence-electron chi connectivity index (χ3n) is 5.76. The molecule has 1 heterocycles. The molecule has 176 valence electrons. The van der Waals surface area contributed by atoms with Crippen molar-refractivity contribution in [2.24, 2.45) is 0 Å². The van der Waals surface area contributed by atoms with Crippen LogP contribution < -0.4 is 9.64 Å². The molecule has 0 aliphatic rings. The maximum absolute atomic E-state index is 11.2. The topological polar surface area (TPSA) is 67.6 Å². The van der Waals surface area contributed by atoms with Crippen molar-refractivity contribution >= 4 is 22.8 Å². The van der Waals surface area contributed by atoms with E-state index in [0.29, 0.717) is 25.3 Å². The number of para-hydroxylation sites is 2. The van der Waals surface area contributed by atoms with Crippen molar-refractivity contribution in [2.75, 3.05) is 18.6 Å². The number of anilines is 1. The number of hydrogen-bond donors (Lipinski definition) is 1. The van der Waals surface area contributed by atoms with Gasteiger partial charge < -0.3 is 24.1 Å². The van der Waals surface area contributed by atoms with E-state index >= 15 is 0 Å². The number of aliphatic hydroxyl groups is 1. The standard InChI is InChI=1S/C28H31N3O3/c1-21(32)12-13-22-14-16-25(17-15-22)34-20-24(33)19-31-27-11-7-6-10-26(27)29-28(31)30(2)18-23-8-4-3-5-9-23/h3-11,14-17,24,33H,12-13,18-20H2,1-2H3. The molecular formula is C28H31N3O3. The molecule has 1 unspecified atom stereocenters. The number of Topliss-reactive ketones (excluding diaryl/α,β-unsaturated/α-hetero) is 1. The molecule has 0 fully saturated rings. The molecule has 0 bridgehead atoms. The smallest absolute Gasteiger partial charge is 0.206 e. The number of aliphatic hydroxyl groups excluding tert-OH is 1. The molecule has 34 heavy (non-hydrogen) atoms. The Morgan fingerprint density at radius 1 is 1.00 bits per heavy atom. The number of benzene rings is 3. The highest BCUT2D eigenvalue weighted by atomic mass is 16.5. The van der Waals surface area contributed by atoms with Crippen LogP contribution >= 0.6 is 0 Å². The van der Waals surface area contributed by atoms with Gasteiger partial charge in [-0.3, -0.25) is 0 Å². The summed E-state index contributed by atoms with van der Waals surface area (Å²) >= 11 is 0. The fraction of sp³-hybridized carbons (Fsp3) is 0.286. The van der Waals surface area contributed by atoms with Gasteiger partial charge in [0.2, 0.25) is 5.95 Å². The molecule has 6 heteroatoms. The lowest BCUT2D eigenvalue weighted by atomic mass is 10.1. The molecule has 0 saturated carbocycles. The van der Waals surface area contributed by atoms with Crippen molar-refractivity contribution in [3.63, 3.8) is 0 Å². The van der Waals surface area contributed by atoms with Crippen LogP contribution in [0.1, 0.15) is 24.5 Å². The Kier molecular flexibility index (Phi) is 7.60. The summed E-state index contributed by atoms with van der Waals surface area (Å²) in [7, 11) is 2.02. The van der Waals surface area contributed by atoms with Gasteiger partial charge in [-0.25, -0.2) is 4.98 Å². The maximum atomic E-state index is 11.2. The highest BCUT2D eigenvalue weighted by Crippen LogP contribution is 2.24. The van der Waals surface area contributed by atoms with Crippen LogP contribution in [0, 0.1) is 0 Å². The van der Waals surface area contributed by atoms with Crippen LogP contribution in [0.5, 0.6) is 5.75 Å². The average molecular weight is 458 g/mol. The third-order valence-corrected chi connectivity index (χ3v) is 5.76. The Balaban J connectivity index is 1.43. The summed E-state index contributed by atoms with van der Waals surface area (Å²) in [5.41, 5.74) is 4.16. The predicted octanol–water partition coefficient (Wildman–Crippen LogP) is 4.63. The second-order valence-corrected chi connectivity index (χ2v) is 8.66. The first-order chi connectivity index (χ1) is 16.5. The molecule has 0 amide bonds. The van der Waals surface area contributed by atoms with E-state index in [1.807, 2.05) is 73.8 Å². The number of hydrogen-bond acceptors (Lipinski definition) is 5. The zero-order valence-corrected chi connectivity index (χ0v) is 19.7. The number of fused-ring (bicyclic) bond motifs is 1. The number of carbonyl (C=O) groups is 1. The number of ether oxygens (including phenoxy) is 1. The van der Waals surface area contributed by atoms with Gasteiger partial charge in [0.05, 0.1) is 17.6 Å². The third kappa shape index (κ3) is 6.02. The molecule has 0 saturated heterocycles. The summed E-state index contributed by atoms with van der Waals surface area (Å²) in [5, 5.41) is 10.8. The van der Waals surface area contributed by atoms with Gasteiger partial charge in [-0.15, -0.1) is 0 Å². The first kappa shape index (κ1) is 23.5. The summed E-state index contributed by atoms with van der Waals surface area (Å²) < 4.78 is 7.89. The van der Waals surface area contributed by atoms with Gasteiger partial charge in [-0.05, 0) is 48.7 Å². The van der Waals surface area contributed by atoms with Gasteiger partial charge in [0, 0.05) is 20.0 Å². The van der Waals surface area contributed by atoms with Gasteiger partial charge in [0.25, 0.3) is 0 Å². The van der Waals surface area contributed by atoms with Crippen LogP contribution in [0.4, 0.5) is 5.95 Å². The average Bonchev–Trinajstić information content (AvgIpc) is 3.21. The molecule has 3 aromatic carbocycles. The molecule has 0 aliphatic carbocycles. The number of aromatic nitrogens is 2. The Morgan fingerprint density at radius 2 is 1.71 bits per heavy atom. The number of nitrogens with zero attached hydrogens (tertiary/aromatic N) is 3. The van der Waals surface area contributed by atoms with E-state index in [-0.39, 0.29) is 12.4 Å². The number of carbonyl (C=O) groups excluding carboxylic acids is 1. The van der Waals surface area contributed by atoms with Crippen LogP contribution in [0.3, 0.4) is 0 Å². The fourth-order valence-corrected chi connectivity index (χ4v) is 3.99. The molecule has 0 radical (unpaired) electrons. The van der Waals surface area contributed by atoms with Gasteiger partial charge in [0.15, 0.2) is 0 Å². The summed E-state index contributed by atoms with van der Waals surface area (Å²) in [6, 6.07) is 25.9. The molecular weight excluding hydrogens is 426 g/mol. The fourth-order valence-electron chi connectivity index (χ4n) is 3.99. The van der Waals surface area contributed by atoms with E-state index in [1.54, 1.807) is 6.92 Å². The highest BCUT2D eigenvalue weighted by molar-refractivity contribution is 5.78. The Labute approximate surface area is 200 Å². The van der Waals surface area contributed by atoms with Crippen LogP contribution in [0.15, 0.2) is 78.9 Å². The van der Waals surface area contributed by atoms with Gasteiger partial charge >= 0.3 is 0 Å². The molecule has 4 rings (SSSR count). The van der Waals surface area contributed by atoms with Gasteiger partial charge in [0.1, 0.15) is 24.2 Å². The van der Waals surface area contributed by atoms with Crippen molar-refractivity contribution in [1.29, 1.82) is 0 Å². The maximum Gasteiger partial charge on any atom is 0.206 e. The Hall–Kier alpha value is -3.64. The lowest BCUT2D eigenvalue weighted by Gasteiger charge is -2.22. The minimum atomic E-state index is -0.709. The zero-order valence-electron chi connectivity index (χ0n) is 19.7. The van der Waals surface area contributed by atoms with E-state index in [1.165, 1.54) is 5.56 Å². The molecule has 1 atom stereocenters. The quantitative estimate of drug-likeness (QED) is 0.356. The highest BCUT2D eigenvalue weighted by Gasteiger charge is 2.18. The summed E-state index contributed by atoms with van der Waals surface area (Å²) in [6.45, 7) is 2.85. The van der Waals surface area contributed by atoms with E-state index in [4.69, 9.17) is 9.72 Å². The van der Waals surface area contributed by atoms with Crippen LogP contribution in [0.2, 0.25) is 0 Å². The minimum absolute atomic E-state index is 0.168. The van der Waals surface area contributed by atoms with Crippen molar-refractivity contribution in [3.05, 3.63) is 90.0 Å². The Bertz CT molecular complexity index is 1220. The number of ketones is 1. The van der Waals surface area contributed by atoms with Crippen molar-refractivity contribution in [1.82, 2.24) is 9.55 Å². The van der Waals surface area contributed by atoms with Crippen LogP contribution in [-0.2, 0) is 24.3 Å². The zero-order chi connectivity index (χ0) is 23.9. The molecule has 6 nitrogen and oxygen atoms in total. The lowest BCUT2D eigenvalue weighted by molar-refractivity contribution is -0.116. The van der Waals surface area contributed by atoms with Crippen molar-refractivity contribution in [3.8, 4) is 5.75 Å². The number of rotatable bonds is 11. The number of aryl methyl sites for hydroxylation is 1. The molecule has 1 N–H and O–H groups in total. The second-order valence-electron chi connectivity index (χ2n) is 8.66. The summed E-state index contributed by atoms with van der Waals surface area (Å²) in [6.07, 6.45) is 0.559. The van der Waals surface area contributed by atoms with Crippen LogP contribution in [0.25, 0.3) is 11.0 Å². The SMILES string of the molecule is CC(=O)CCc1ccc(OCC(O)Cn2c(N(C)Cc3ccccc3)nc3ccccc32)cc1. The second kappa shape index (κ2) is 11.0. The van der Waals surface area contributed by atoms with Gasteiger partial charge in [-0.1, -0.05) is 54.6 Å². The van der Waals surface area contributed by atoms with E-state index in [2.05, 4.69) is 21.6 Å². The lowest BCUT2D eigenvalue weighted by Crippen LogP contribution is -2.27. The van der Waals surface area contributed by atoms with E-state index in [0.717, 1.165) is 29.0 Å². The van der Waals surface area contributed by atoms with Crippen molar-refractivity contribution in [2.45, 2.75) is 39.0 Å². The first-order valence-corrected chi connectivity index (χ1v) is 11.6. The van der Waals surface area contributed by atoms with E-state index < -0.39 is 6.10 Å². The number of imidazole rings is 1. The van der Waals surface area contributed by atoms with E-state index in [9.17, 15) is 9.90 Å². The Morgan fingerprint density at radius 3 is 2.44 bits per heavy atom. The minimum Gasteiger partial charge on any atom is -0.491 e. The largest absolute Gasteiger partial charge is 0.491 e. The molecule has 4 aromatic rings.